The second kappa shape index (κ2) is 9.40. The Morgan fingerprint density at radius 2 is 1.79 bits per heavy atom. The fourth-order valence-electron chi connectivity index (χ4n) is 3.54. The maximum Gasteiger partial charge on any atom is 0.223 e. The number of ether oxygens (including phenoxy) is 1. The standard InChI is InChI=1S/C23H28N2O3/c1-17-3-5-19(6-4-17)16-25-20(9-12-23(25)27)15-22(26)24-14-13-18-7-10-21(28-2)11-8-18/h3-8,10-11,20H,9,12-16H2,1-2H3,(H,24,26). The van der Waals surface area contributed by atoms with E-state index in [2.05, 4.69) is 17.4 Å². The number of hydrogen-bond acceptors (Lipinski definition) is 3. The summed E-state index contributed by atoms with van der Waals surface area (Å²) in [5, 5.41) is 2.99. The van der Waals surface area contributed by atoms with Crippen molar-refractivity contribution >= 4 is 11.8 Å². The van der Waals surface area contributed by atoms with E-state index < -0.39 is 0 Å². The van der Waals surface area contributed by atoms with E-state index in [1.807, 2.05) is 48.2 Å². The van der Waals surface area contributed by atoms with Crippen LogP contribution in [-0.2, 0) is 22.6 Å². The van der Waals surface area contributed by atoms with E-state index in [0.717, 1.165) is 29.7 Å². The van der Waals surface area contributed by atoms with Gasteiger partial charge >= 0.3 is 0 Å². The molecule has 5 nitrogen and oxygen atoms in total. The first-order chi connectivity index (χ1) is 13.5. The van der Waals surface area contributed by atoms with Gasteiger partial charge < -0.3 is 15.0 Å². The number of rotatable bonds is 8. The number of methoxy groups -OCH3 is 1. The summed E-state index contributed by atoms with van der Waals surface area (Å²) in [6.45, 7) is 3.20. The summed E-state index contributed by atoms with van der Waals surface area (Å²) in [6, 6.07) is 16.0. The van der Waals surface area contributed by atoms with E-state index in [9.17, 15) is 9.59 Å². The summed E-state index contributed by atoms with van der Waals surface area (Å²) in [7, 11) is 1.64. The minimum absolute atomic E-state index is 0.00196. The van der Waals surface area contributed by atoms with E-state index in [0.29, 0.717) is 25.9 Å². The van der Waals surface area contributed by atoms with Gasteiger partial charge in [-0.25, -0.2) is 0 Å². The molecule has 148 valence electrons. The monoisotopic (exact) mass is 380 g/mol. The van der Waals surface area contributed by atoms with Crippen LogP contribution in [0.15, 0.2) is 48.5 Å². The van der Waals surface area contributed by atoms with Gasteiger partial charge in [-0.1, -0.05) is 42.0 Å². The van der Waals surface area contributed by atoms with Gasteiger partial charge in [0.25, 0.3) is 0 Å². The molecule has 1 heterocycles. The van der Waals surface area contributed by atoms with Crippen molar-refractivity contribution in [2.75, 3.05) is 13.7 Å². The molecule has 1 N–H and O–H groups in total. The molecule has 1 aliphatic heterocycles. The summed E-state index contributed by atoms with van der Waals surface area (Å²) in [5.74, 6) is 0.964. The highest BCUT2D eigenvalue weighted by molar-refractivity contribution is 5.82. The number of hydrogen-bond donors (Lipinski definition) is 1. The predicted octanol–water partition coefficient (Wildman–Crippen LogP) is 3.24. The van der Waals surface area contributed by atoms with Gasteiger partial charge in [-0.05, 0) is 43.0 Å². The van der Waals surface area contributed by atoms with Gasteiger partial charge in [-0.3, -0.25) is 9.59 Å². The molecule has 1 unspecified atom stereocenters. The van der Waals surface area contributed by atoms with Crippen molar-refractivity contribution in [1.29, 1.82) is 0 Å². The van der Waals surface area contributed by atoms with E-state index in [4.69, 9.17) is 4.74 Å². The van der Waals surface area contributed by atoms with Gasteiger partial charge in [0.15, 0.2) is 0 Å². The molecule has 2 amide bonds. The smallest absolute Gasteiger partial charge is 0.223 e. The van der Waals surface area contributed by atoms with Crippen molar-refractivity contribution in [3.63, 3.8) is 0 Å². The van der Waals surface area contributed by atoms with Crippen molar-refractivity contribution in [2.24, 2.45) is 0 Å². The van der Waals surface area contributed by atoms with Crippen LogP contribution >= 0.6 is 0 Å². The molecule has 28 heavy (non-hydrogen) atoms. The highest BCUT2D eigenvalue weighted by atomic mass is 16.5. The van der Waals surface area contributed by atoms with Crippen LogP contribution < -0.4 is 10.1 Å². The fraction of sp³-hybridized carbons (Fsp3) is 0.391. The number of nitrogens with zero attached hydrogens (tertiary/aromatic N) is 1. The van der Waals surface area contributed by atoms with Crippen LogP contribution in [0.5, 0.6) is 5.75 Å². The highest BCUT2D eigenvalue weighted by Crippen LogP contribution is 2.24. The van der Waals surface area contributed by atoms with E-state index >= 15 is 0 Å². The highest BCUT2D eigenvalue weighted by Gasteiger charge is 2.32. The van der Waals surface area contributed by atoms with Crippen LogP contribution in [0.25, 0.3) is 0 Å². The normalized spacial score (nSPS) is 16.3. The third-order valence-corrected chi connectivity index (χ3v) is 5.24. The van der Waals surface area contributed by atoms with E-state index in [-0.39, 0.29) is 17.9 Å². The largest absolute Gasteiger partial charge is 0.497 e. The SMILES string of the molecule is COc1ccc(CCNC(=O)CC2CCC(=O)N2Cc2ccc(C)cc2)cc1. The van der Waals surface area contributed by atoms with Crippen LogP contribution in [0.4, 0.5) is 0 Å². The van der Waals surface area contributed by atoms with Crippen molar-refractivity contribution in [3.05, 3.63) is 65.2 Å². The molecule has 5 heteroatoms. The lowest BCUT2D eigenvalue weighted by molar-refractivity contribution is -0.130. The van der Waals surface area contributed by atoms with E-state index in [1.165, 1.54) is 5.56 Å². The third kappa shape index (κ3) is 5.35. The van der Waals surface area contributed by atoms with Gasteiger partial charge in [-0.15, -0.1) is 0 Å². The molecule has 3 rings (SSSR count). The van der Waals surface area contributed by atoms with Crippen LogP contribution in [0.3, 0.4) is 0 Å². The molecular weight excluding hydrogens is 352 g/mol. The molecule has 0 saturated carbocycles. The summed E-state index contributed by atoms with van der Waals surface area (Å²) < 4.78 is 5.15. The molecular formula is C23H28N2O3. The molecule has 1 aliphatic rings. The van der Waals surface area contributed by atoms with Gasteiger partial charge in [0.05, 0.1) is 7.11 Å². The van der Waals surface area contributed by atoms with Crippen LogP contribution in [-0.4, -0.2) is 36.4 Å². The van der Waals surface area contributed by atoms with Gasteiger partial charge in [0.2, 0.25) is 11.8 Å². The Labute approximate surface area is 166 Å². The van der Waals surface area contributed by atoms with Crippen molar-refractivity contribution < 1.29 is 14.3 Å². The van der Waals surface area contributed by atoms with Crippen molar-refractivity contribution in [2.45, 2.75) is 45.2 Å². The molecule has 0 aliphatic carbocycles. The second-order valence-electron chi connectivity index (χ2n) is 7.35. The zero-order chi connectivity index (χ0) is 19.9. The van der Waals surface area contributed by atoms with E-state index in [1.54, 1.807) is 7.11 Å². The molecule has 1 saturated heterocycles. The van der Waals surface area contributed by atoms with Crippen LogP contribution in [0.2, 0.25) is 0 Å². The lowest BCUT2D eigenvalue weighted by atomic mass is 10.1. The maximum atomic E-state index is 12.4. The number of nitrogens with one attached hydrogen (secondary N) is 1. The average molecular weight is 380 g/mol. The van der Waals surface area contributed by atoms with Gasteiger partial charge in [-0.2, -0.15) is 0 Å². The summed E-state index contributed by atoms with van der Waals surface area (Å²) in [4.78, 5) is 26.5. The first-order valence-corrected chi connectivity index (χ1v) is 9.80. The third-order valence-electron chi connectivity index (χ3n) is 5.24. The van der Waals surface area contributed by atoms with Gasteiger partial charge in [0.1, 0.15) is 5.75 Å². The Hall–Kier alpha value is -2.82. The molecule has 2 aromatic carbocycles. The summed E-state index contributed by atoms with van der Waals surface area (Å²) in [6.07, 6.45) is 2.40. The lowest BCUT2D eigenvalue weighted by Crippen LogP contribution is -2.37. The number of likely N-dealkylation sites (tertiary alicyclic amines) is 1. The average Bonchev–Trinajstić information content (AvgIpc) is 3.03. The molecule has 0 radical (unpaired) electrons. The summed E-state index contributed by atoms with van der Waals surface area (Å²) >= 11 is 0. The first-order valence-electron chi connectivity index (χ1n) is 9.80. The molecule has 0 bridgehead atoms. The molecule has 1 fully saturated rings. The van der Waals surface area contributed by atoms with Gasteiger partial charge in [0, 0.05) is 32.0 Å². The Kier molecular flexibility index (Phi) is 6.69. The number of benzene rings is 2. The number of aryl methyl sites for hydroxylation is 1. The van der Waals surface area contributed by atoms with Crippen molar-refractivity contribution in [3.8, 4) is 5.75 Å². The molecule has 0 spiro atoms. The number of carbonyl (C=O) groups is 2. The Morgan fingerprint density at radius 3 is 2.46 bits per heavy atom. The molecule has 0 aromatic heterocycles. The first kappa shape index (κ1) is 19.9. The Morgan fingerprint density at radius 1 is 1.11 bits per heavy atom. The van der Waals surface area contributed by atoms with Crippen LogP contribution in [0.1, 0.15) is 36.0 Å². The molecule has 1 atom stereocenters. The zero-order valence-corrected chi connectivity index (χ0v) is 16.6. The second-order valence-corrected chi connectivity index (χ2v) is 7.35. The Balaban J connectivity index is 1.47. The number of amides is 2. The quantitative estimate of drug-likeness (QED) is 0.765. The van der Waals surface area contributed by atoms with Crippen molar-refractivity contribution in [1.82, 2.24) is 10.2 Å². The lowest BCUT2D eigenvalue weighted by Gasteiger charge is -2.24. The maximum absolute atomic E-state index is 12.4. The topological polar surface area (TPSA) is 58.6 Å². The minimum Gasteiger partial charge on any atom is -0.497 e. The Bertz CT molecular complexity index is 800. The summed E-state index contributed by atoms with van der Waals surface area (Å²) in [5.41, 5.74) is 3.45. The fourth-order valence-corrected chi connectivity index (χ4v) is 3.54. The molecule has 2 aromatic rings. The number of carbonyl (C=O) groups excluding carboxylic acids is 2. The zero-order valence-electron chi connectivity index (χ0n) is 16.6. The van der Waals surface area contributed by atoms with Crippen LogP contribution in [0, 0.1) is 6.92 Å². The minimum atomic E-state index is -0.0187. The predicted molar refractivity (Wildman–Crippen MR) is 109 cm³/mol.